The fourth-order valence-corrected chi connectivity index (χ4v) is 1.94. The van der Waals surface area contributed by atoms with Gasteiger partial charge in [0.1, 0.15) is 5.82 Å². The second-order valence-electron chi connectivity index (χ2n) is 4.67. The third-order valence-corrected chi connectivity index (χ3v) is 3.08. The van der Waals surface area contributed by atoms with Gasteiger partial charge in [-0.05, 0) is 26.1 Å². The predicted molar refractivity (Wildman–Crippen MR) is 84.6 cm³/mol. The number of anilines is 1. The van der Waals surface area contributed by atoms with Gasteiger partial charge >= 0.3 is 0 Å². The van der Waals surface area contributed by atoms with Crippen LogP contribution in [0.5, 0.6) is 0 Å². The molecule has 0 unspecified atom stereocenters. The Balaban J connectivity index is 2.51. The lowest BCUT2D eigenvalue weighted by molar-refractivity contribution is -0.122. The molecule has 118 valence electrons. The zero-order valence-electron chi connectivity index (χ0n) is 12.8. The third-order valence-electron chi connectivity index (χ3n) is 2.74. The second-order valence-corrected chi connectivity index (χ2v) is 5.08. The summed E-state index contributed by atoms with van der Waals surface area (Å²) in [7, 11) is 3.46. The Kier molecular flexibility index (Phi) is 8.04. The maximum Gasteiger partial charge on any atom is 0.234 e. The van der Waals surface area contributed by atoms with E-state index in [2.05, 4.69) is 15.6 Å². The fourth-order valence-electron chi connectivity index (χ4n) is 1.78. The number of rotatable bonds is 9. The molecule has 0 bridgehead atoms. The van der Waals surface area contributed by atoms with Crippen molar-refractivity contribution in [3.05, 3.63) is 22.8 Å². The first-order valence-electron chi connectivity index (χ1n) is 6.90. The Bertz CT molecular complexity index is 457. The minimum absolute atomic E-state index is 0.0477. The molecule has 0 aliphatic carbocycles. The van der Waals surface area contributed by atoms with Crippen molar-refractivity contribution in [3.63, 3.8) is 0 Å². The van der Waals surface area contributed by atoms with Gasteiger partial charge in [-0.25, -0.2) is 4.98 Å². The number of pyridine rings is 1. The van der Waals surface area contributed by atoms with Crippen LogP contribution in [0.15, 0.2) is 12.1 Å². The maximum atomic E-state index is 11.7. The molecule has 0 aromatic carbocycles. The lowest BCUT2D eigenvalue weighted by atomic mass is 10.3. The van der Waals surface area contributed by atoms with E-state index in [1.807, 2.05) is 31.0 Å². The summed E-state index contributed by atoms with van der Waals surface area (Å²) in [5.41, 5.74) is 0.752. The molecule has 2 N–H and O–H groups in total. The highest BCUT2D eigenvalue weighted by Crippen LogP contribution is 2.17. The highest BCUT2D eigenvalue weighted by atomic mass is 35.5. The first-order valence-corrected chi connectivity index (χ1v) is 7.28. The summed E-state index contributed by atoms with van der Waals surface area (Å²) in [6, 6.07) is 3.65. The molecule has 0 spiro atoms. The van der Waals surface area contributed by atoms with Crippen LogP contribution in [0.4, 0.5) is 5.82 Å². The van der Waals surface area contributed by atoms with Crippen LogP contribution in [0.2, 0.25) is 5.02 Å². The van der Waals surface area contributed by atoms with E-state index in [4.69, 9.17) is 16.3 Å². The smallest absolute Gasteiger partial charge is 0.234 e. The van der Waals surface area contributed by atoms with Crippen molar-refractivity contribution < 1.29 is 9.53 Å². The Hall–Kier alpha value is -1.37. The zero-order chi connectivity index (χ0) is 15.7. The number of likely N-dealkylation sites (N-methyl/N-ethyl adjacent to an activating group) is 1. The van der Waals surface area contributed by atoms with E-state index < -0.39 is 0 Å². The van der Waals surface area contributed by atoms with Crippen LogP contribution >= 0.6 is 11.6 Å². The summed E-state index contributed by atoms with van der Waals surface area (Å²) in [6.45, 7) is 4.62. The van der Waals surface area contributed by atoms with Crippen molar-refractivity contribution in [2.45, 2.75) is 13.5 Å². The Morgan fingerprint density at radius 2 is 2.24 bits per heavy atom. The number of ether oxygens (including phenoxy) is 1. The molecule has 7 heteroatoms. The van der Waals surface area contributed by atoms with Crippen molar-refractivity contribution in [2.24, 2.45) is 0 Å². The number of methoxy groups -OCH3 is 1. The molecule has 1 aromatic rings. The van der Waals surface area contributed by atoms with Gasteiger partial charge in [0.05, 0.1) is 23.9 Å². The van der Waals surface area contributed by atoms with Crippen LogP contribution in [0, 0.1) is 0 Å². The van der Waals surface area contributed by atoms with Crippen LogP contribution in [0.25, 0.3) is 0 Å². The third kappa shape index (κ3) is 6.75. The summed E-state index contributed by atoms with van der Waals surface area (Å²) < 4.78 is 4.88. The molecule has 0 radical (unpaired) electrons. The van der Waals surface area contributed by atoms with Crippen molar-refractivity contribution in [1.82, 2.24) is 15.2 Å². The summed E-state index contributed by atoms with van der Waals surface area (Å²) >= 11 is 6.15. The zero-order valence-corrected chi connectivity index (χ0v) is 13.5. The molecular weight excluding hydrogens is 292 g/mol. The largest absolute Gasteiger partial charge is 0.383 e. The Morgan fingerprint density at radius 3 is 2.90 bits per heavy atom. The normalized spacial score (nSPS) is 10.7. The molecule has 0 atom stereocenters. The molecule has 1 heterocycles. The number of aromatic nitrogens is 1. The van der Waals surface area contributed by atoms with Gasteiger partial charge in [0, 0.05) is 26.7 Å². The lowest BCUT2D eigenvalue weighted by Gasteiger charge is -2.17. The summed E-state index contributed by atoms with van der Waals surface area (Å²) in [5, 5.41) is 6.52. The average Bonchev–Trinajstić information content (AvgIpc) is 2.43. The van der Waals surface area contributed by atoms with E-state index in [0.29, 0.717) is 24.7 Å². The molecular formula is C14H23ClN4O2. The molecule has 6 nitrogen and oxygen atoms in total. The van der Waals surface area contributed by atoms with Crippen LogP contribution in [0.3, 0.4) is 0 Å². The van der Waals surface area contributed by atoms with E-state index in [9.17, 15) is 4.79 Å². The highest BCUT2D eigenvalue weighted by molar-refractivity contribution is 6.31. The number of nitrogens with zero attached hydrogens (tertiary/aromatic N) is 2. The van der Waals surface area contributed by atoms with Crippen LogP contribution in [0.1, 0.15) is 12.6 Å². The van der Waals surface area contributed by atoms with Gasteiger partial charge in [0.25, 0.3) is 0 Å². The van der Waals surface area contributed by atoms with Gasteiger partial charge in [-0.15, -0.1) is 0 Å². The molecule has 1 amide bonds. The molecule has 1 rings (SSSR count). The number of hydrogen-bond donors (Lipinski definition) is 2. The van der Waals surface area contributed by atoms with Crippen molar-refractivity contribution in [3.8, 4) is 0 Å². The molecule has 21 heavy (non-hydrogen) atoms. The van der Waals surface area contributed by atoms with Gasteiger partial charge in [0.15, 0.2) is 0 Å². The van der Waals surface area contributed by atoms with Crippen molar-refractivity contribution >= 4 is 23.3 Å². The SMILES string of the molecule is CCNc1ccc(Cl)c(CN(C)CC(=O)NCCOC)n1. The average molecular weight is 315 g/mol. The predicted octanol–water partition coefficient (Wildman–Crippen LogP) is 1.36. The molecule has 0 saturated heterocycles. The van der Waals surface area contributed by atoms with E-state index >= 15 is 0 Å². The number of nitrogens with one attached hydrogen (secondary N) is 2. The monoisotopic (exact) mass is 314 g/mol. The van der Waals surface area contributed by atoms with E-state index in [1.165, 1.54) is 0 Å². The number of carbonyl (C=O) groups is 1. The topological polar surface area (TPSA) is 66.5 Å². The summed E-state index contributed by atoms with van der Waals surface area (Å²) in [5.74, 6) is 0.739. The second kappa shape index (κ2) is 9.55. The Labute approximate surface area is 130 Å². The Morgan fingerprint density at radius 1 is 1.48 bits per heavy atom. The van der Waals surface area contributed by atoms with Gasteiger partial charge in [-0.2, -0.15) is 0 Å². The minimum Gasteiger partial charge on any atom is -0.383 e. The van der Waals surface area contributed by atoms with E-state index in [1.54, 1.807) is 7.11 Å². The highest BCUT2D eigenvalue weighted by Gasteiger charge is 2.10. The van der Waals surface area contributed by atoms with Gasteiger partial charge in [-0.3, -0.25) is 9.69 Å². The lowest BCUT2D eigenvalue weighted by Crippen LogP contribution is -2.36. The first kappa shape index (κ1) is 17.7. The maximum absolute atomic E-state index is 11.7. The molecule has 0 aliphatic rings. The van der Waals surface area contributed by atoms with E-state index in [0.717, 1.165) is 18.1 Å². The number of carbonyl (C=O) groups excluding carboxylic acids is 1. The summed E-state index contributed by atoms with van der Waals surface area (Å²) in [6.07, 6.45) is 0. The van der Waals surface area contributed by atoms with Crippen molar-refractivity contribution in [2.75, 3.05) is 45.7 Å². The van der Waals surface area contributed by atoms with Crippen LogP contribution in [-0.4, -0.2) is 56.2 Å². The van der Waals surface area contributed by atoms with Gasteiger partial charge in [-0.1, -0.05) is 11.6 Å². The number of halogens is 1. The minimum atomic E-state index is -0.0477. The number of hydrogen-bond acceptors (Lipinski definition) is 5. The van der Waals surface area contributed by atoms with Gasteiger partial charge < -0.3 is 15.4 Å². The molecule has 0 aliphatic heterocycles. The standard InChI is InChI=1S/C14H23ClN4O2/c1-4-16-13-6-5-11(15)12(18-13)9-19(2)10-14(20)17-7-8-21-3/h5-6H,4,7-10H2,1-3H3,(H,16,18)(H,17,20). The molecule has 1 aromatic heterocycles. The van der Waals surface area contributed by atoms with Crippen molar-refractivity contribution in [1.29, 1.82) is 0 Å². The van der Waals surface area contributed by atoms with Crippen LogP contribution < -0.4 is 10.6 Å². The fraction of sp³-hybridized carbons (Fsp3) is 0.571. The van der Waals surface area contributed by atoms with Gasteiger partial charge in [0.2, 0.25) is 5.91 Å². The summed E-state index contributed by atoms with van der Waals surface area (Å²) in [4.78, 5) is 18.0. The number of amides is 1. The molecule has 0 saturated carbocycles. The first-order chi connectivity index (χ1) is 10.1. The quantitative estimate of drug-likeness (QED) is 0.674. The van der Waals surface area contributed by atoms with Crippen LogP contribution in [-0.2, 0) is 16.1 Å². The van der Waals surface area contributed by atoms with E-state index in [-0.39, 0.29) is 12.5 Å². The molecule has 0 fully saturated rings.